The molecule has 0 unspecified atom stereocenters. The van der Waals surface area contributed by atoms with E-state index in [9.17, 15) is 4.79 Å². The summed E-state index contributed by atoms with van der Waals surface area (Å²) in [5.74, 6) is -0.296. The van der Waals surface area contributed by atoms with E-state index in [0.29, 0.717) is 5.02 Å². The molecule has 1 aromatic rings. The summed E-state index contributed by atoms with van der Waals surface area (Å²) in [7, 11) is 0. The fourth-order valence-electron chi connectivity index (χ4n) is 0.757. The van der Waals surface area contributed by atoms with Crippen LogP contribution >= 0.6 is 11.6 Å². The molecule has 2 nitrogen and oxygen atoms in total. The third-order valence-corrected chi connectivity index (χ3v) is 1.47. The van der Waals surface area contributed by atoms with Gasteiger partial charge in [0.15, 0.2) is 0 Å². The molecule has 0 aliphatic heterocycles. The van der Waals surface area contributed by atoms with Gasteiger partial charge in [-0.2, -0.15) is 0 Å². The number of carbonyl (C=O) groups is 1. The zero-order chi connectivity index (χ0) is 8.97. The van der Waals surface area contributed by atoms with Crippen molar-refractivity contribution in [3.05, 3.63) is 34.9 Å². The second-order valence-corrected chi connectivity index (χ2v) is 2.78. The van der Waals surface area contributed by atoms with E-state index in [1.165, 1.54) is 6.92 Å². The first kappa shape index (κ1) is 9.07. The third kappa shape index (κ3) is 2.93. The third-order valence-electron chi connectivity index (χ3n) is 1.26. The molecule has 0 aromatic heterocycles. The van der Waals surface area contributed by atoms with Crippen molar-refractivity contribution in [2.75, 3.05) is 0 Å². The van der Waals surface area contributed by atoms with Crippen LogP contribution in [-0.2, 0) is 16.1 Å². The molecule has 0 heterocycles. The van der Waals surface area contributed by atoms with E-state index < -0.39 is 0 Å². The topological polar surface area (TPSA) is 26.3 Å². The van der Waals surface area contributed by atoms with Crippen molar-refractivity contribution in [1.82, 2.24) is 0 Å². The highest BCUT2D eigenvalue weighted by molar-refractivity contribution is 6.30. The standard InChI is InChI=1S/C9H8ClO2/c1-7(11)12-6-8-3-2-4-9(10)5-8/h3-5H,6H2,1H3. The molecule has 0 saturated carbocycles. The Bertz CT molecular complexity index is 284. The van der Waals surface area contributed by atoms with E-state index >= 15 is 0 Å². The van der Waals surface area contributed by atoms with Gasteiger partial charge in [0.2, 0.25) is 0 Å². The molecule has 12 heavy (non-hydrogen) atoms. The van der Waals surface area contributed by atoms with Gasteiger partial charge >= 0.3 is 5.97 Å². The quantitative estimate of drug-likeness (QED) is 0.658. The van der Waals surface area contributed by atoms with Crippen molar-refractivity contribution in [3.8, 4) is 0 Å². The second-order valence-electron chi connectivity index (χ2n) is 2.34. The van der Waals surface area contributed by atoms with Crippen molar-refractivity contribution in [1.29, 1.82) is 0 Å². The molecule has 3 heteroatoms. The number of rotatable bonds is 2. The molecule has 1 radical (unpaired) electrons. The van der Waals surface area contributed by atoms with Gasteiger partial charge in [0.1, 0.15) is 6.61 Å². The normalized spacial score (nSPS) is 9.50. The molecule has 0 spiro atoms. The summed E-state index contributed by atoms with van der Waals surface area (Å²) in [6, 6.07) is 7.95. The summed E-state index contributed by atoms with van der Waals surface area (Å²) in [6.07, 6.45) is 0. The maximum absolute atomic E-state index is 10.4. The van der Waals surface area contributed by atoms with Gasteiger partial charge in [-0.05, 0) is 29.8 Å². The van der Waals surface area contributed by atoms with Crippen LogP contribution < -0.4 is 0 Å². The van der Waals surface area contributed by atoms with Crippen LogP contribution in [0.3, 0.4) is 0 Å². The SMILES string of the molecule is CC(=O)OCc1c[c]cc(Cl)c1. The van der Waals surface area contributed by atoms with Gasteiger partial charge in [-0.15, -0.1) is 0 Å². The van der Waals surface area contributed by atoms with Crippen LogP contribution in [0.15, 0.2) is 18.2 Å². The molecule has 0 saturated heterocycles. The molecular weight excluding hydrogens is 176 g/mol. The lowest BCUT2D eigenvalue weighted by atomic mass is 10.2. The Morgan fingerprint density at radius 2 is 2.42 bits per heavy atom. The van der Waals surface area contributed by atoms with Crippen LogP contribution in [0.4, 0.5) is 0 Å². The van der Waals surface area contributed by atoms with Crippen LogP contribution in [0, 0.1) is 6.07 Å². The molecule has 0 bridgehead atoms. The van der Waals surface area contributed by atoms with Crippen molar-refractivity contribution < 1.29 is 9.53 Å². The molecule has 0 N–H and O–H groups in total. The maximum Gasteiger partial charge on any atom is 0.302 e. The lowest BCUT2D eigenvalue weighted by Crippen LogP contribution is -1.98. The highest BCUT2D eigenvalue weighted by atomic mass is 35.5. The highest BCUT2D eigenvalue weighted by Gasteiger charge is 1.96. The Hall–Kier alpha value is -1.02. The maximum atomic E-state index is 10.4. The number of esters is 1. The summed E-state index contributed by atoms with van der Waals surface area (Å²) in [5.41, 5.74) is 0.845. The molecule has 0 fully saturated rings. The van der Waals surface area contributed by atoms with Crippen molar-refractivity contribution >= 4 is 17.6 Å². The van der Waals surface area contributed by atoms with Crippen molar-refractivity contribution in [3.63, 3.8) is 0 Å². The molecule has 0 atom stereocenters. The molecule has 0 aliphatic rings. The van der Waals surface area contributed by atoms with Gasteiger partial charge in [0, 0.05) is 11.9 Å². The fourth-order valence-corrected chi connectivity index (χ4v) is 0.960. The molecule has 1 rings (SSSR count). The van der Waals surface area contributed by atoms with E-state index in [1.54, 1.807) is 18.2 Å². The first-order chi connectivity index (χ1) is 5.68. The Morgan fingerprint density at radius 3 is 3.00 bits per heavy atom. The smallest absolute Gasteiger partial charge is 0.302 e. The van der Waals surface area contributed by atoms with Gasteiger partial charge in [-0.25, -0.2) is 0 Å². The zero-order valence-corrected chi connectivity index (χ0v) is 7.39. The summed E-state index contributed by atoms with van der Waals surface area (Å²) < 4.78 is 4.77. The fraction of sp³-hybridized carbons (Fsp3) is 0.222. The minimum absolute atomic E-state index is 0.256. The Balaban J connectivity index is 2.57. The van der Waals surface area contributed by atoms with Crippen molar-refractivity contribution in [2.45, 2.75) is 13.5 Å². The Kier molecular flexibility index (Phi) is 3.11. The lowest BCUT2D eigenvalue weighted by Gasteiger charge is -2.01. The number of halogens is 1. The van der Waals surface area contributed by atoms with E-state index in [2.05, 4.69) is 6.07 Å². The Labute approximate surface area is 76.1 Å². The van der Waals surface area contributed by atoms with Crippen LogP contribution in [0.25, 0.3) is 0 Å². The minimum Gasteiger partial charge on any atom is -0.461 e. The van der Waals surface area contributed by atoms with Crippen LogP contribution in [0.1, 0.15) is 12.5 Å². The monoisotopic (exact) mass is 183 g/mol. The van der Waals surface area contributed by atoms with E-state index in [4.69, 9.17) is 16.3 Å². The average Bonchev–Trinajstić information content (AvgIpc) is 2.01. The molecule has 1 aromatic carbocycles. The van der Waals surface area contributed by atoms with E-state index in [0.717, 1.165) is 5.56 Å². The van der Waals surface area contributed by atoms with E-state index in [-0.39, 0.29) is 12.6 Å². The van der Waals surface area contributed by atoms with E-state index in [1.807, 2.05) is 0 Å². The second kappa shape index (κ2) is 4.12. The lowest BCUT2D eigenvalue weighted by molar-refractivity contribution is -0.142. The highest BCUT2D eigenvalue weighted by Crippen LogP contribution is 2.10. The van der Waals surface area contributed by atoms with Crippen LogP contribution in [0.5, 0.6) is 0 Å². The minimum atomic E-state index is -0.296. The molecule has 63 valence electrons. The van der Waals surface area contributed by atoms with Crippen molar-refractivity contribution in [2.24, 2.45) is 0 Å². The van der Waals surface area contributed by atoms with Gasteiger partial charge in [0.25, 0.3) is 0 Å². The number of ether oxygens (including phenoxy) is 1. The number of hydrogen-bond donors (Lipinski definition) is 0. The predicted octanol–water partition coefficient (Wildman–Crippen LogP) is 2.20. The van der Waals surface area contributed by atoms with Gasteiger partial charge < -0.3 is 4.74 Å². The molecule has 0 aliphatic carbocycles. The van der Waals surface area contributed by atoms with Crippen LogP contribution in [-0.4, -0.2) is 5.97 Å². The predicted molar refractivity (Wildman–Crippen MR) is 45.8 cm³/mol. The van der Waals surface area contributed by atoms with Gasteiger partial charge in [0.05, 0.1) is 0 Å². The summed E-state index contributed by atoms with van der Waals surface area (Å²) in [6.45, 7) is 1.63. The summed E-state index contributed by atoms with van der Waals surface area (Å²) >= 11 is 5.69. The van der Waals surface area contributed by atoms with Gasteiger partial charge in [-0.3, -0.25) is 4.79 Å². The number of benzene rings is 1. The summed E-state index contributed by atoms with van der Waals surface area (Å²) in [4.78, 5) is 10.4. The average molecular weight is 184 g/mol. The molecule has 0 amide bonds. The first-order valence-corrected chi connectivity index (χ1v) is 3.85. The number of carbonyl (C=O) groups excluding carboxylic acids is 1. The largest absolute Gasteiger partial charge is 0.461 e. The van der Waals surface area contributed by atoms with Gasteiger partial charge in [-0.1, -0.05) is 11.6 Å². The molecular formula is C9H8ClO2. The first-order valence-electron chi connectivity index (χ1n) is 3.47. The Morgan fingerprint density at radius 1 is 1.67 bits per heavy atom. The zero-order valence-electron chi connectivity index (χ0n) is 6.63. The van der Waals surface area contributed by atoms with Crippen LogP contribution in [0.2, 0.25) is 5.02 Å². The summed E-state index contributed by atoms with van der Waals surface area (Å²) in [5, 5.41) is 0.597. The number of hydrogen-bond acceptors (Lipinski definition) is 2.